The molecule has 0 amide bonds. The van der Waals surface area contributed by atoms with Crippen LogP contribution in [0.2, 0.25) is 0 Å². The van der Waals surface area contributed by atoms with Crippen LogP contribution in [0.25, 0.3) is 0 Å². The van der Waals surface area contributed by atoms with Crippen molar-refractivity contribution in [3.05, 3.63) is 29.3 Å². The maximum absolute atomic E-state index is 12.3. The molecular formula is C27H38O5. The number of aliphatic carboxylic acids is 1. The highest BCUT2D eigenvalue weighted by Crippen LogP contribution is 2.73. The number of carboxylic acids is 2. The van der Waals surface area contributed by atoms with Gasteiger partial charge in [0, 0.05) is 0 Å². The summed E-state index contributed by atoms with van der Waals surface area (Å²) < 4.78 is 0. The Kier molecular flexibility index (Phi) is 5.23. The summed E-state index contributed by atoms with van der Waals surface area (Å²) in [7, 11) is 0. The van der Waals surface area contributed by atoms with Crippen LogP contribution in [0.4, 0.5) is 0 Å². The molecule has 1 aromatic rings. The second-order valence-corrected chi connectivity index (χ2v) is 12.0. The van der Waals surface area contributed by atoms with Gasteiger partial charge in [0.1, 0.15) is 5.75 Å². The molecule has 0 aromatic heterocycles. The number of aromatic hydroxyl groups is 1. The van der Waals surface area contributed by atoms with Crippen LogP contribution in [-0.4, -0.2) is 27.3 Å². The van der Waals surface area contributed by atoms with E-state index in [0.29, 0.717) is 29.7 Å². The second kappa shape index (κ2) is 7.23. The van der Waals surface area contributed by atoms with E-state index in [0.717, 1.165) is 38.5 Å². The van der Waals surface area contributed by atoms with Gasteiger partial charge in [-0.3, -0.25) is 4.79 Å². The fraction of sp³-hybridized carbons (Fsp3) is 0.704. The van der Waals surface area contributed by atoms with E-state index in [4.69, 9.17) is 0 Å². The van der Waals surface area contributed by atoms with Gasteiger partial charge in [0.05, 0.1) is 11.0 Å². The zero-order valence-electron chi connectivity index (χ0n) is 20.1. The van der Waals surface area contributed by atoms with Crippen LogP contribution in [0.5, 0.6) is 5.75 Å². The molecule has 1 aromatic carbocycles. The number of phenolic OH excluding ortho intramolecular Hbond substituents is 1. The Morgan fingerprint density at radius 2 is 1.62 bits per heavy atom. The molecule has 4 rings (SSSR count). The first kappa shape index (κ1) is 23.1. The van der Waals surface area contributed by atoms with Crippen LogP contribution in [0.15, 0.2) is 18.2 Å². The Morgan fingerprint density at radius 1 is 0.969 bits per heavy atom. The van der Waals surface area contributed by atoms with Crippen molar-refractivity contribution in [2.45, 2.75) is 79.6 Å². The monoisotopic (exact) mass is 442 g/mol. The van der Waals surface area contributed by atoms with Gasteiger partial charge in [0.15, 0.2) is 0 Å². The van der Waals surface area contributed by atoms with Crippen LogP contribution in [-0.2, 0) is 11.2 Å². The van der Waals surface area contributed by atoms with Crippen molar-refractivity contribution < 1.29 is 24.9 Å². The second-order valence-electron chi connectivity index (χ2n) is 12.0. The Bertz CT molecular complexity index is 955. The molecule has 3 aliphatic carbocycles. The van der Waals surface area contributed by atoms with Crippen molar-refractivity contribution in [2.75, 3.05) is 0 Å². The average Bonchev–Trinajstić information content (AvgIpc) is 3.00. The van der Waals surface area contributed by atoms with Crippen molar-refractivity contribution in [2.24, 2.45) is 39.4 Å². The average molecular weight is 443 g/mol. The van der Waals surface area contributed by atoms with Crippen molar-refractivity contribution in [3.8, 4) is 5.75 Å². The summed E-state index contributed by atoms with van der Waals surface area (Å²) in [4.78, 5) is 23.8. The molecule has 5 nitrogen and oxygen atoms in total. The number of carbonyl (C=O) groups is 2. The van der Waals surface area contributed by atoms with Crippen molar-refractivity contribution in [3.63, 3.8) is 0 Å². The minimum Gasteiger partial charge on any atom is -0.508 e. The Hall–Kier alpha value is -2.04. The normalized spacial score (nSPS) is 43.3. The minimum atomic E-state index is -0.981. The molecule has 3 saturated carbocycles. The van der Waals surface area contributed by atoms with Crippen molar-refractivity contribution in [1.82, 2.24) is 0 Å². The number of fused-ring (bicyclic) bond motifs is 3. The third-order valence-electron chi connectivity index (χ3n) is 10.9. The predicted molar refractivity (Wildman–Crippen MR) is 123 cm³/mol. The Labute approximate surface area is 191 Å². The van der Waals surface area contributed by atoms with Crippen LogP contribution in [0.1, 0.15) is 89.1 Å². The standard InChI is InChI=1S/C27H38O5/c1-16-8-11-24(2)20(9-12-26(4)21(24)10-13-27(26,5)23(31)32)25(16,3)15-18-14-17(22(29)30)6-7-19(18)28/h6-7,14,16,20-21,28H,8-13,15H2,1-5H3,(H,29,30)(H,31,32)/t16-,20+,21-,24+,25-,26-,27+/m1/s1. The fourth-order valence-electron chi connectivity index (χ4n) is 8.50. The molecule has 0 saturated heterocycles. The largest absolute Gasteiger partial charge is 0.508 e. The lowest BCUT2D eigenvalue weighted by atomic mass is 9.39. The predicted octanol–water partition coefficient (Wildman–Crippen LogP) is 5.99. The van der Waals surface area contributed by atoms with Gasteiger partial charge in [-0.15, -0.1) is 0 Å². The van der Waals surface area contributed by atoms with Gasteiger partial charge in [-0.25, -0.2) is 4.79 Å². The lowest BCUT2D eigenvalue weighted by Gasteiger charge is -2.65. The number of hydrogen-bond donors (Lipinski definition) is 3. The summed E-state index contributed by atoms with van der Waals surface area (Å²) in [6, 6.07) is 4.59. The smallest absolute Gasteiger partial charge is 0.335 e. The molecule has 3 aliphatic rings. The summed E-state index contributed by atoms with van der Waals surface area (Å²) in [5.41, 5.74) is -0.0292. The number of benzene rings is 1. The Morgan fingerprint density at radius 3 is 2.25 bits per heavy atom. The van der Waals surface area contributed by atoms with E-state index in [1.807, 2.05) is 6.92 Å². The zero-order chi connectivity index (χ0) is 23.7. The first-order chi connectivity index (χ1) is 14.8. The molecule has 176 valence electrons. The zero-order valence-corrected chi connectivity index (χ0v) is 20.1. The molecule has 0 heterocycles. The third-order valence-corrected chi connectivity index (χ3v) is 10.9. The molecule has 0 spiro atoms. The van der Waals surface area contributed by atoms with Gasteiger partial charge < -0.3 is 15.3 Å². The van der Waals surface area contributed by atoms with E-state index < -0.39 is 17.4 Å². The minimum absolute atomic E-state index is 0.0432. The molecule has 3 N–H and O–H groups in total. The SMILES string of the molecule is C[C@@H]1CC[C@@]2(C)[C@H](CC[C@]3(C)[C@@H]2CC[C@@]3(C)C(=O)O)[C@]1(C)Cc1cc(C(=O)O)ccc1O. The van der Waals surface area contributed by atoms with Crippen molar-refractivity contribution in [1.29, 1.82) is 0 Å². The number of hydrogen-bond acceptors (Lipinski definition) is 3. The highest BCUT2D eigenvalue weighted by molar-refractivity contribution is 5.88. The van der Waals surface area contributed by atoms with E-state index in [-0.39, 0.29) is 27.6 Å². The van der Waals surface area contributed by atoms with Crippen LogP contribution >= 0.6 is 0 Å². The first-order valence-corrected chi connectivity index (χ1v) is 12.1. The van der Waals surface area contributed by atoms with E-state index in [9.17, 15) is 24.9 Å². The number of aromatic carboxylic acids is 1. The lowest BCUT2D eigenvalue weighted by molar-refractivity contribution is -0.179. The summed E-state index contributed by atoms with van der Waals surface area (Å²) >= 11 is 0. The van der Waals surface area contributed by atoms with E-state index in [1.54, 1.807) is 6.07 Å². The fourth-order valence-corrected chi connectivity index (χ4v) is 8.50. The molecule has 32 heavy (non-hydrogen) atoms. The van der Waals surface area contributed by atoms with E-state index >= 15 is 0 Å². The van der Waals surface area contributed by atoms with Gasteiger partial charge in [-0.2, -0.15) is 0 Å². The quantitative estimate of drug-likeness (QED) is 0.532. The molecule has 0 bridgehead atoms. The number of carboxylic acid groups (broad SMARTS) is 2. The highest BCUT2D eigenvalue weighted by atomic mass is 16.4. The molecule has 5 heteroatoms. The molecule has 0 radical (unpaired) electrons. The summed E-state index contributed by atoms with van der Waals surface area (Å²) in [6.07, 6.45) is 6.39. The number of rotatable bonds is 4. The topological polar surface area (TPSA) is 94.8 Å². The Balaban J connectivity index is 1.73. The first-order valence-electron chi connectivity index (χ1n) is 12.1. The third kappa shape index (κ3) is 2.95. The van der Waals surface area contributed by atoms with Gasteiger partial charge in [-0.05, 0) is 110 Å². The maximum atomic E-state index is 12.3. The lowest BCUT2D eigenvalue weighted by Crippen LogP contribution is -2.59. The van der Waals surface area contributed by atoms with E-state index in [1.165, 1.54) is 12.1 Å². The summed E-state index contributed by atoms with van der Waals surface area (Å²) in [5, 5.41) is 30.1. The summed E-state index contributed by atoms with van der Waals surface area (Å²) in [6.45, 7) is 11.2. The van der Waals surface area contributed by atoms with Gasteiger partial charge in [-0.1, -0.05) is 27.7 Å². The van der Waals surface area contributed by atoms with Gasteiger partial charge in [0.2, 0.25) is 0 Å². The van der Waals surface area contributed by atoms with Gasteiger partial charge in [0.25, 0.3) is 0 Å². The molecule has 7 atom stereocenters. The number of phenols is 1. The highest BCUT2D eigenvalue weighted by Gasteiger charge is 2.68. The van der Waals surface area contributed by atoms with E-state index in [2.05, 4.69) is 27.7 Å². The van der Waals surface area contributed by atoms with Gasteiger partial charge >= 0.3 is 11.9 Å². The van der Waals surface area contributed by atoms with Crippen LogP contribution in [0, 0.1) is 39.4 Å². The summed E-state index contributed by atoms with van der Waals surface area (Å²) in [5.74, 6) is -0.278. The maximum Gasteiger partial charge on any atom is 0.335 e. The molecular weight excluding hydrogens is 404 g/mol. The molecule has 0 aliphatic heterocycles. The molecule has 0 unspecified atom stereocenters. The molecule has 3 fully saturated rings. The van der Waals surface area contributed by atoms with Crippen molar-refractivity contribution >= 4 is 11.9 Å². The van der Waals surface area contributed by atoms with Crippen LogP contribution in [0.3, 0.4) is 0 Å². The van der Waals surface area contributed by atoms with Crippen LogP contribution < -0.4 is 0 Å².